The van der Waals surface area contributed by atoms with Gasteiger partial charge in [-0.25, -0.2) is 0 Å². The number of rotatable bonds is 2. The van der Waals surface area contributed by atoms with Crippen LogP contribution < -0.4 is 5.32 Å². The maximum atomic E-state index is 3.58. The van der Waals surface area contributed by atoms with Gasteiger partial charge in [-0.1, -0.05) is 30.3 Å². The lowest BCUT2D eigenvalue weighted by molar-refractivity contribution is 0.126. The Balaban J connectivity index is 1.64. The van der Waals surface area contributed by atoms with E-state index >= 15 is 0 Å². The van der Waals surface area contributed by atoms with E-state index < -0.39 is 0 Å². The zero-order valence-corrected chi connectivity index (χ0v) is 10.4. The molecule has 2 heterocycles. The quantitative estimate of drug-likeness (QED) is 0.837. The summed E-state index contributed by atoms with van der Waals surface area (Å²) in [6.45, 7) is 6.15. The predicted molar refractivity (Wildman–Crippen MR) is 70.8 cm³/mol. The standard InChI is InChI=1S/C15H22N2/c1-2-4-13(5-3-1)10-17-11-14-6-7-16-9-15(8-14)12-17/h1-5,14-16H,6-12H2. The second kappa shape index (κ2) is 5.19. The zero-order valence-electron chi connectivity index (χ0n) is 10.4. The number of nitrogens with one attached hydrogen (secondary N) is 1. The van der Waals surface area contributed by atoms with E-state index in [0.717, 1.165) is 18.4 Å². The molecular formula is C15H22N2. The molecule has 2 unspecified atom stereocenters. The number of nitrogens with zero attached hydrogens (tertiary/aromatic N) is 1. The molecule has 2 atom stereocenters. The lowest BCUT2D eigenvalue weighted by Gasteiger charge is -2.36. The van der Waals surface area contributed by atoms with E-state index in [-0.39, 0.29) is 0 Å². The minimum absolute atomic E-state index is 0.875. The molecule has 2 aliphatic heterocycles. The Morgan fingerprint density at radius 1 is 1.12 bits per heavy atom. The van der Waals surface area contributed by atoms with Crippen LogP contribution in [0.15, 0.2) is 30.3 Å². The summed E-state index contributed by atoms with van der Waals surface area (Å²) in [5.41, 5.74) is 1.46. The van der Waals surface area contributed by atoms with Crippen molar-refractivity contribution in [3.63, 3.8) is 0 Å². The Hall–Kier alpha value is -0.860. The molecule has 0 aliphatic carbocycles. The Bertz CT molecular complexity index is 335. The second-order valence-corrected chi connectivity index (χ2v) is 5.64. The third-order valence-electron chi connectivity index (χ3n) is 4.11. The molecule has 0 saturated carbocycles. The second-order valence-electron chi connectivity index (χ2n) is 5.64. The number of likely N-dealkylation sites (tertiary alicyclic amines) is 1. The summed E-state index contributed by atoms with van der Waals surface area (Å²) in [6, 6.07) is 10.9. The van der Waals surface area contributed by atoms with Crippen molar-refractivity contribution in [2.75, 3.05) is 26.2 Å². The summed E-state index contributed by atoms with van der Waals surface area (Å²) in [5, 5.41) is 3.58. The van der Waals surface area contributed by atoms with Crippen molar-refractivity contribution in [3.8, 4) is 0 Å². The van der Waals surface area contributed by atoms with Gasteiger partial charge in [0, 0.05) is 19.6 Å². The number of hydrogen-bond acceptors (Lipinski definition) is 2. The molecule has 92 valence electrons. The molecule has 2 nitrogen and oxygen atoms in total. The normalized spacial score (nSPS) is 29.9. The zero-order chi connectivity index (χ0) is 11.5. The van der Waals surface area contributed by atoms with Gasteiger partial charge >= 0.3 is 0 Å². The van der Waals surface area contributed by atoms with Crippen molar-refractivity contribution < 1.29 is 0 Å². The van der Waals surface area contributed by atoms with Crippen LogP contribution in [0.5, 0.6) is 0 Å². The Morgan fingerprint density at radius 3 is 2.82 bits per heavy atom. The van der Waals surface area contributed by atoms with Crippen molar-refractivity contribution in [1.82, 2.24) is 10.2 Å². The summed E-state index contributed by atoms with van der Waals surface area (Å²) < 4.78 is 0. The fraction of sp³-hybridized carbons (Fsp3) is 0.600. The van der Waals surface area contributed by atoms with Gasteiger partial charge in [-0.2, -0.15) is 0 Å². The van der Waals surface area contributed by atoms with Gasteiger partial charge in [0.25, 0.3) is 0 Å². The Kier molecular flexibility index (Phi) is 3.44. The van der Waals surface area contributed by atoms with Gasteiger partial charge in [0.05, 0.1) is 0 Å². The lowest BCUT2D eigenvalue weighted by atomic mass is 9.88. The maximum absolute atomic E-state index is 3.58. The van der Waals surface area contributed by atoms with Gasteiger partial charge in [0.2, 0.25) is 0 Å². The highest BCUT2D eigenvalue weighted by Crippen LogP contribution is 2.26. The molecule has 1 aromatic rings. The first-order chi connectivity index (χ1) is 8.40. The maximum Gasteiger partial charge on any atom is 0.0233 e. The number of hydrogen-bond donors (Lipinski definition) is 1. The molecule has 0 aromatic heterocycles. The summed E-state index contributed by atoms with van der Waals surface area (Å²) in [4.78, 5) is 2.65. The first kappa shape index (κ1) is 11.2. The molecule has 2 saturated heterocycles. The number of benzene rings is 1. The van der Waals surface area contributed by atoms with E-state index in [9.17, 15) is 0 Å². The van der Waals surface area contributed by atoms with Crippen LogP contribution in [0.2, 0.25) is 0 Å². The fourth-order valence-electron chi connectivity index (χ4n) is 3.37. The molecule has 3 rings (SSSR count). The average molecular weight is 230 g/mol. The van der Waals surface area contributed by atoms with Gasteiger partial charge in [-0.15, -0.1) is 0 Å². The molecular weight excluding hydrogens is 208 g/mol. The highest BCUT2D eigenvalue weighted by Gasteiger charge is 2.28. The largest absolute Gasteiger partial charge is 0.316 e. The minimum atomic E-state index is 0.875. The topological polar surface area (TPSA) is 15.3 Å². The molecule has 17 heavy (non-hydrogen) atoms. The van der Waals surface area contributed by atoms with Gasteiger partial charge < -0.3 is 5.32 Å². The van der Waals surface area contributed by atoms with E-state index in [1.807, 2.05) is 0 Å². The molecule has 0 spiro atoms. The van der Waals surface area contributed by atoms with Crippen LogP contribution in [-0.4, -0.2) is 31.1 Å². The molecule has 1 N–H and O–H groups in total. The summed E-state index contributed by atoms with van der Waals surface area (Å²) in [6.07, 6.45) is 2.81. The smallest absolute Gasteiger partial charge is 0.0233 e. The van der Waals surface area contributed by atoms with E-state index in [1.165, 1.54) is 44.6 Å². The number of fused-ring (bicyclic) bond motifs is 2. The van der Waals surface area contributed by atoms with Crippen LogP contribution in [0.1, 0.15) is 18.4 Å². The van der Waals surface area contributed by atoms with Gasteiger partial charge in [-0.3, -0.25) is 4.90 Å². The summed E-state index contributed by atoms with van der Waals surface area (Å²) in [7, 11) is 0. The molecule has 1 aromatic carbocycles. The van der Waals surface area contributed by atoms with Crippen LogP contribution in [0.25, 0.3) is 0 Å². The van der Waals surface area contributed by atoms with Gasteiger partial charge in [-0.05, 0) is 43.3 Å². The fourth-order valence-corrected chi connectivity index (χ4v) is 3.37. The summed E-state index contributed by atoms with van der Waals surface area (Å²) >= 11 is 0. The predicted octanol–water partition coefficient (Wildman–Crippen LogP) is 2.12. The van der Waals surface area contributed by atoms with Gasteiger partial charge in [0.1, 0.15) is 0 Å². The van der Waals surface area contributed by atoms with Gasteiger partial charge in [0.15, 0.2) is 0 Å². The summed E-state index contributed by atoms with van der Waals surface area (Å²) in [5.74, 6) is 1.80. The molecule has 0 amide bonds. The van der Waals surface area contributed by atoms with E-state index in [4.69, 9.17) is 0 Å². The molecule has 2 aliphatic rings. The van der Waals surface area contributed by atoms with E-state index in [1.54, 1.807) is 0 Å². The first-order valence-electron chi connectivity index (χ1n) is 6.87. The monoisotopic (exact) mass is 230 g/mol. The third kappa shape index (κ3) is 2.88. The average Bonchev–Trinajstić information content (AvgIpc) is 2.51. The van der Waals surface area contributed by atoms with Crippen molar-refractivity contribution in [2.24, 2.45) is 11.8 Å². The van der Waals surface area contributed by atoms with Crippen molar-refractivity contribution >= 4 is 0 Å². The van der Waals surface area contributed by atoms with Crippen molar-refractivity contribution in [3.05, 3.63) is 35.9 Å². The third-order valence-corrected chi connectivity index (χ3v) is 4.11. The Morgan fingerprint density at radius 2 is 1.94 bits per heavy atom. The molecule has 2 fully saturated rings. The van der Waals surface area contributed by atoms with E-state index in [0.29, 0.717) is 0 Å². The molecule has 2 bridgehead atoms. The first-order valence-corrected chi connectivity index (χ1v) is 6.87. The van der Waals surface area contributed by atoms with Crippen molar-refractivity contribution in [1.29, 1.82) is 0 Å². The highest BCUT2D eigenvalue weighted by atomic mass is 15.1. The Labute approximate surface area is 104 Å². The lowest BCUT2D eigenvalue weighted by Crippen LogP contribution is -2.40. The van der Waals surface area contributed by atoms with Crippen LogP contribution in [0.4, 0.5) is 0 Å². The highest BCUT2D eigenvalue weighted by molar-refractivity contribution is 5.14. The molecule has 2 heteroatoms. The SMILES string of the molecule is c1ccc(CN2CC3CCNCC(C3)C2)cc1. The van der Waals surface area contributed by atoms with Crippen molar-refractivity contribution in [2.45, 2.75) is 19.4 Å². The van der Waals surface area contributed by atoms with Crippen LogP contribution >= 0.6 is 0 Å². The molecule has 0 radical (unpaired) electrons. The minimum Gasteiger partial charge on any atom is -0.316 e. The van der Waals surface area contributed by atoms with Crippen LogP contribution in [0, 0.1) is 11.8 Å². The number of piperidine rings is 1. The van der Waals surface area contributed by atoms with E-state index in [2.05, 4.69) is 40.5 Å². The van der Waals surface area contributed by atoms with Crippen LogP contribution in [0.3, 0.4) is 0 Å². The van der Waals surface area contributed by atoms with Crippen LogP contribution in [-0.2, 0) is 6.54 Å².